The number of thiazole rings is 1. The van der Waals surface area contributed by atoms with Crippen LogP contribution in [0.4, 0.5) is 5.13 Å². The Morgan fingerprint density at radius 1 is 1.21 bits per heavy atom. The fourth-order valence-corrected chi connectivity index (χ4v) is 3.93. The third-order valence-corrected chi connectivity index (χ3v) is 5.26. The lowest BCUT2D eigenvalue weighted by molar-refractivity contribution is 0.0978. The van der Waals surface area contributed by atoms with Crippen molar-refractivity contribution in [2.24, 2.45) is 0 Å². The molecule has 0 fully saturated rings. The molecule has 0 atom stereocenters. The zero-order valence-electron chi connectivity index (χ0n) is 11.8. The highest BCUT2D eigenvalue weighted by molar-refractivity contribution is 9.10. The summed E-state index contributed by atoms with van der Waals surface area (Å²) in [6.07, 6.45) is 0. The molecule has 0 aliphatic heterocycles. The van der Waals surface area contributed by atoms with Gasteiger partial charge in [-0.3, -0.25) is 10.1 Å². The van der Waals surface area contributed by atoms with Crippen LogP contribution in [-0.4, -0.2) is 16.0 Å². The maximum absolute atomic E-state index is 12.3. The minimum absolute atomic E-state index is 0.131. The summed E-state index contributed by atoms with van der Waals surface area (Å²) in [4.78, 5) is 16.6. The van der Waals surface area contributed by atoms with Crippen LogP contribution >= 0.6 is 62.7 Å². The second kappa shape index (κ2) is 7.33. The van der Waals surface area contributed by atoms with E-state index in [4.69, 9.17) is 35.4 Å². The number of anilines is 1. The van der Waals surface area contributed by atoms with Gasteiger partial charge in [-0.2, -0.15) is 0 Å². The molecule has 0 saturated carbocycles. The quantitative estimate of drug-likeness (QED) is 0.496. The van der Waals surface area contributed by atoms with Gasteiger partial charge in [-0.15, -0.1) is 0 Å². The van der Waals surface area contributed by atoms with Crippen molar-refractivity contribution in [2.75, 3.05) is 5.32 Å². The smallest absolute Gasteiger partial charge is 0.258 e. The Morgan fingerprint density at radius 3 is 2.75 bits per heavy atom. The number of carbonyl (C=O) groups is 1. The van der Waals surface area contributed by atoms with E-state index < -0.39 is 5.91 Å². The molecule has 1 amide bonds. The Bertz CT molecular complexity index is 961. The molecule has 0 spiro atoms. The molecule has 0 aliphatic carbocycles. The van der Waals surface area contributed by atoms with Crippen molar-refractivity contribution in [3.05, 3.63) is 56.5 Å². The predicted octanol–water partition coefficient (Wildman–Crippen LogP) is 5.49. The lowest BCUT2D eigenvalue weighted by Crippen LogP contribution is -2.34. The van der Waals surface area contributed by atoms with E-state index in [1.54, 1.807) is 24.3 Å². The average molecular weight is 461 g/mol. The molecule has 0 bridgehead atoms. The van der Waals surface area contributed by atoms with Crippen LogP contribution in [0.25, 0.3) is 10.2 Å². The molecule has 0 saturated heterocycles. The average Bonchev–Trinajstić information content (AvgIpc) is 2.93. The zero-order valence-corrected chi connectivity index (χ0v) is 16.5. The first kappa shape index (κ1) is 17.6. The van der Waals surface area contributed by atoms with Crippen molar-refractivity contribution >= 4 is 89.1 Å². The molecule has 1 aromatic heterocycles. The Hall–Kier alpha value is -1.25. The maximum atomic E-state index is 12.3. The van der Waals surface area contributed by atoms with E-state index in [1.165, 1.54) is 11.3 Å². The van der Waals surface area contributed by atoms with Crippen LogP contribution in [0.3, 0.4) is 0 Å². The molecule has 0 unspecified atom stereocenters. The standard InChI is InChI=1S/C15H8BrCl2N3OS2/c16-7-4-5-9(17)8(6-7)13(22)20-14(23)21-15-19-12-10(18)2-1-3-11(12)24-15/h1-6H,(H2,19,20,21,22,23). The molecule has 9 heteroatoms. The van der Waals surface area contributed by atoms with Gasteiger partial charge in [0.05, 0.1) is 20.3 Å². The van der Waals surface area contributed by atoms with Crippen LogP contribution in [0.1, 0.15) is 10.4 Å². The third-order valence-electron chi connectivity index (χ3n) is 2.99. The van der Waals surface area contributed by atoms with Crippen molar-refractivity contribution in [2.45, 2.75) is 0 Å². The minimum atomic E-state index is -0.405. The monoisotopic (exact) mass is 459 g/mol. The summed E-state index contributed by atoms with van der Waals surface area (Å²) in [5, 5.41) is 7.05. The summed E-state index contributed by atoms with van der Waals surface area (Å²) in [6.45, 7) is 0. The lowest BCUT2D eigenvalue weighted by Gasteiger charge is -2.08. The second-order valence-electron chi connectivity index (χ2n) is 4.64. The zero-order chi connectivity index (χ0) is 17.3. The molecule has 2 N–H and O–H groups in total. The van der Waals surface area contributed by atoms with E-state index >= 15 is 0 Å². The van der Waals surface area contributed by atoms with Gasteiger partial charge in [-0.1, -0.05) is 56.5 Å². The first-order valence-electron chi connectivity index (χ1n) is 6.56. The molecule has 4 nitrogen and oxygen atoms in total. The van der Waals surface area contributed by atoms with Gasteiger partial charge in [0.15, 0.2) is 10.2 Å². The summed E-state index contributed by atoms with van der Waals surface area (Å²) in [7, 11) is 0. The summed E-state index contributed by atoms with van der Waals surface area (Å²) in [5.74, 6) is -0.405. The largest absolute Gasteiger partial charge is 0.308 e. The van der Waals surface area contributed by atoms with Crippen LogP contribution < -0.4 is 10.6 Å². The number of fused-ring (bicyclic) bond motifs is 1. The Balaban J connectivity index is 1.73. The molecule has 0 radical (unpaired) electrons. The summed E-state index contributed by atoms with van der Waals surface area (Å²) >= 11 is 22.0. The van der Waals surface area contributed by atoms with Crippen LogP contribution in [0.15, 0.2) is 40.9 Å². The van der Waals surface area contributed by atoms with E-state index in [-0.39, 0.29) is 5.11 Å². The topological polar surface area (TPSA) is 54.0 Å². The first-order chi connectivity index (χ1) is 11.4. The molecule has 3 aromatic rings. The van der Waals surface area contributed by atoms with E-state index in [0.29, 0.717) is 26.3 Å². The summed E-state index contributed by atoms with van der Waals surface area (Å²) in [6, 6.07) is 10.5. The molecule has 1 heterocycles. The van der Waals surface area contributed by atoms with Gasteiger partial charge >= 0.3 is 0 Å². The van der Waals surface area contributed by atoms with Crippen LogP contribution in [0.2, 0.25) is 10.0 Å². The molecule has 24 heavy (non-hydrogen) atoms. The number of aromatic nitrogens is 1. The Kier molecular flexibility index (Phi) is 5.36. The first-order valence-corrected chi connectivity index (χ1v) is 9.34. The molecule has 3 rings (SSSR count). The van der Waals surface area contributed by atoms with Gasteiger partial charge in [-0.25, -0.2) is 4.98 Å². The molecular weight excluding hydrogens is 453 g/mol. The Labute approximate surface area is 165 Å². The van der Waals surface area contributed by atoms with Gasteiger partial charge in [0.25, 0.3) is 5.91 Å². The van der Waals surface area contributed by atoms with Crippen molar-refractivity contribution in [3.63, 3.8) is 0 Å². The fraction of sp³-hybridized carbons (Fsp3) is 0. The van der Waals surface area contributed by atoms with Gasteiger partial charge in [-0.05, 0) is 42.5 Å². The van der Waals surface area contributed by atoms with Gasteiger partial charge < -0.3 is 5.32 Å². The normalized spacial score (nSPS) is 10.6. The van der Waals surface area contributed by atoms with Gasteiger partial charge in [0, 0.05) is 4.47 Å². The number of rotatable bonds is 2. The number of benzene rings is 2. The highest BCUT2D eigenvalue weighted by Crippen LogP contribution is 2.30. The van der Waals surface area contributed by atoms with E-state index in [0.717, 1.165) is 9.17 Å². The Morgan fingerprint density at radius 2 is 2.00 bits per heavy atom. The van der Waals surface area contributed by atoms with Gasteiger partial charge in [0.2, 0.25) is 0 Å². The lowest BCUT2D eigenvalue weighted by atomic mass is 10.2. The van der Waals surface area contributed by atoms with E-state index in [2.05, 4.69) is 31.5 Å². The summed E-state index contributed by atoms with van der Waals surface area (Å²) < 4.78 is 1.67. The second-order valence-corrected chi connectivity index (χ2v) is 7.81. The van der Waals surface area contributed by atoms with Crippen LogP contribution in [-0.2, 0) is 0 Å². The van der Waals surface area contributed by atoms with Crippen molar-refractivity contribution in [1.29, 1.82) is 0 Å². The number of hydrogen-bond acceptors (Lipinski definition) is 4. The van der Waals surface area contributed by atoms with E-state index in [1.807, 2.05) is 12.1 Å². The van der Waals surface area contributed by atoms with Crippen LogP contribution in [0.5, 0.6) is 0 Å². The van der Waals surface area contributed by atoms with Crippen molar-refractivity contribution < 1.29 is 4.79 Å². The van der Waals surface area contributed by atoms with Crippen molar-refractivity contribution in [3.8, 4) is 0 Å². The fourth-order valence-electron chi connectivity index (χ4n) is 1.94. The highest BCUT2D eigenvalue weighted by Gasteiger charge is 2.14. The SMILES string of the molecule is O=C(NC(=S)Nc1nc2c(Cl)cccc2s1)c1cc(Br)ccc1Cl. The number of thiocarbonyl (C=S) groups is 1. The highest BCUT2D eigenvalue weighted by atomic mass is 79.9. The number of halogens is 3. The number of para-hydroxylation sites is 1. The minimum Gasteiger partial charge on any atom is -0.308 e. The maximum Gasteiger partial charge on any atom is 0.258 e. The molecular formula is C15H8BrCl2N3OS2. The predicted molar refractivity (Wildman–Crippen MR) is 107 cm³/mol. The number of hydrogen-bond donors (Lipinski definition) is 2. The number of carbonyl (C=O) groups excluding carboxylic acids is 1. The molecule has 2 aromatic carbocycles. The molecule has 0 aliphatic rings. The number of amides is 1. The summed E-state index contributed by atoms with van der Waals surface area (Å²) in [5.41, 5.74) is 1.01. The molecule has 122 valence electrons. The number of nitrogens with one attached hydrogen (secondary N) is 2. The van der Waals surface area contributed by atoms with Gasteiger partial charge in [0.1, 0.15) is 5.52 Å². The van der Waals surface area contributed by atoms with Crippen molar-refractivity contribution in [1.82, 2.24) is 10.3 Å². The van der Waals surface area contributed by atoms with E-state index in [9.17, 15) is 4.79 Å². The van der Waals surface area contributed by atoms with Crippen LogP contribution in [0, 0.1) is 0 Å². The number of nitrogens with zero attached hydrogens (tertiary/aromatic N) is 1. The third kappa shape index (κ3) is 3.87.